The molecule has 2 aliphatic heterocycles. The van der Waals surface area contributed by atoms with Crippen molar-refractivity contribution >= 4 is 33.2 Å². The van der Waals surface area contributed by atoms with Gasteiger partial charge in [0.05, 0.1) is 22.1 Å². The summed E-state index contributed by atoms with van der Waals surface area (Å²) < 4.78 is 35.1. The molecule has 0 fully saturated rings. The first-order valence-corrected chi connectivity index (χ1v) is 27.5. The SMILES string of the molecule is CN1CCc2cc(Cl)c(O)cc2[C@H]2c3cccc(CN(Cc4ccccc4)S(=O)(=O)c4ccccc4)c3CC[C@@H]21.COc1cc2c(cc1Cl)CCN(C)[C@H]1CCc3c(CNCc4ccccc4)cccc3[C@H]21. The monoisotopic (exact) mass is 1020 g/mol. The Morgan fingerprint density at radius 1 is 0.597 bits per heavy atom. The second-order valence-electron chi connectivity index (χ2n) is 19.9. The molecule has 0 bridgehead atoms. The number of aromatic hydroxyl groups is 1. The number of nitrogens with one attached hydrogen (secondary N) is 1. The number of sulfonamides is 1. The Hall–Kier alpha value is -5.49. The number of nitrogens with zero attached hydrogens (tertiary/aromatic N) is 3. The predicted molar refractivity (Wildman–Crippen MR) is 291 cm³/mol. The lowest BCUT2D eigenvalue weighted by Gasteiger charge is -2.39. The lowest BCUT2D eigenvalue weighted by Crippen LogP contribution is -2.40. The van der Waals surface area contributed by atoms with E-state index in [1.165, 1.54) is 50.9 Å². The van der Waals surface area contributed by atoms with Gasteiger partial charge >= 0.3 is 0 Å². The van der Waals surface area contributed by atoms with Crippen LogP contribution in [-0.4, -0.2) is 74.0 Å². The number of hydrogen-bond acceptors (Lipinski definition) is 7. The molecular weight excluding hydrogens is 956 g/mol. The zero-order chi connectivity index (χ0) is 49.9. The number of halogens is 2. The van der Waals surface area contributed by atoms with Gasteiger partial charge in [0.25, 0.3) is 0 Å². The molecule has 0 spiro atoms. The smallest absolute Gasteiger partial charge is 0.243 e. The number of likely N-dealkylation sites (N-methyl/N-ethyl adjacent to an activating group) is 2. The van der Waals surface area contributed by atoms with Gasteiger partial charge in [-0.05, 0) is 156 Å². The molecule has 72 heavy (non-hydrogen) atoms. The van der Waals surface area contributed by atoms with E-state index >= 15 is 0 Å². The number of methoxy groups -OCH3 is 1. The summed E-state index contributed by atoms with van der Waals surface area (Å²) >= 11 is 12.8. The number of phenols is 1. The van der Waals surface area contributed by atoms with Crippen LogP contribution in [0.1, 0.15) is 91.4 Å². The molecule has 0 amide bonds. The van der Waals surface area contributed by atoms with Crippen molar-refractivity contribution in [3.05, 3.63) is 228 Å². The molecule has 7 aromatic rings. The summed E-state index contributed by atoms with van der Waals surface area (Å²) in [5.74, 6) is 1.31. The highest BCUT2D eigenvalue weighted by molar-refractivity contribution is 7.89. The van der Waals surface area contributed by atoms with Crippen molar-refractivity contribution in [2.45, 2.75) is 93.5 Å². The first kappa shape index (κ1) is 50.1. The van der Waals surface area contributed by atoms with E-state index in [-0.39, 0.29) is 30.8 Å². The van der Waals surface area contributed by atoms with E-state index in [0.29, 0.717) is 26.9 Å². The van der Waals surface area contributed by atoms with Gasteiger partial charge in [0.15, 0.2) is 0 Å². The average molecular weight is 1020 g/mol. The molecule has 2 aliphatic carbocycles. The summed E-state index contributed by atoms with van der Waals surface area (Å²) in [5, 5.41) is 15.3. The summed E-state index contributed by atoms with van der Waals surface area (Å²) in [7, 11) is 2.41. The molecule has 0 radical (unpaired) electrons. The standard InChI is InChI=1S/C33H33ClN2O3S.C28H31ClN2O/c1-35-18-17-24-19-30(34)32(37)20-29(24)33-28-14-8-11-25(27(28)15-16-31(33)35)22-36(21-23-9-4-2-5-10-23)40(38,39)26-12-6-3-7-13-26;1-31-14-13-20-15-25(29)27(32-2)16-24(20)28-23-10-6-9-21(22(23)11-12-26(28)31)18-30-17-19-7-4-3-5-8-19/h2-14,19-20,31,33,37H,15-18,21-22H2,1H3;3-10,15-16,26,28,30H,11-14,17-18H2,1-2H3/t31-,33+;26-,28+/m00/s1. The Morgan fingerprint density at radius 3 is 1.72 bits per heavy atom. The molecule has 372 valence electrons. The van der Waals surface area contributed by atoms with Crippen LogP contribution in [-0.2, 0) is 61.9 Å². The molecule has 8 nitrogen and oxygen atoms in total. The van der Waals surface area contributed by atoms with E-state index in [0.717, 1.165) is 86.3 Å². The lowest BCUT2D eigenvalue weighted by molar-refractivity contribution is 0.213. The predicted octanol–water partition coefficient (Wildman–Crippen LogP) is 11.9. The van der Waals surface area contributed by atoms with Gasteiger partial charge in [-0.1, -0.05) is 138 Å². The third kappa shape index (κ3) is 10.4. The Kier molecular flexibility index (Phi) is 15.2. The Balaban J connectivity index is 0.000000170. The quantitative estimate of drug-likeness (QED) is 0.134. The number of hydrogen-bond donors (Lipinski definition) is 2. The van der Waals surface area contributed by atoms with Crippen LogP contribution in [0.4, 0.5) is 0 Å². The van der Waals surface area contributed by atoms with Crippen LogP contribution in [0.3, 0.4) is 0 Å². The van der Waals surface area contributed by atoms with Gasteiger partial charge < -0.3 is 25.0 Å². The second-order valence-corrected chi connectivity index (χ2v) is 22.7. The van der Waals surface area contributed by atoms with E-state index in [2.05, 4.69) is 102 Å². The summed E-state index contributed by atoms with van der Waals surface area (Å²) in [6.07, 6.45) is 6.02. The van der Waals surface area contributed by atoms with Crippen molar-refractivity contribution in [3.8, 4) is 11.5 Å². The Labute approximate surface area is 436 Å². The molecular formula is C61H64Cl2N4O4S. The topological polar surface area (TPSA) is 85.3 Å². The van der Waals surface area contributed by atoms with Gasteiger partial charge in [-0.25, -0.2) is 8.42 Å². The van der Waals surface area contributed by atoms with Gasteiger partial charge in [-0.2, -0.15) is 4.31 Å². The molecule has 0 saturated carbocycles. The van der Waals surface area contributed by atoms with Crippen molar-refractivity contribution in [1.82, 2.24) is 19.4 Å². The average Bonchev–Trinajstić information content (AvgIpc) is 3.63. The Morgan fingerprint density at radius 2 is 1.12 bits per heavy atom. The number of benzene rings is 7. The molecule has 4 aliphatic rings. The fraction of sp³-hybridized carbons (Fsp3) is 0.311. The van der Waals surface area contributed by atoms with E-state index in [1.807, 2.05) is 54.6 Å². The van der Waals surface area contributed by atoms with E-state index < -0.39 is 10.0 Å². The minimum Gasteiger partial charge on any atom is -0.506 e. The first-order chi connectivity index (χ1) is 35.0. The highest BCUT2D eigenvalue weighted by Crippen LogP contribution is 2.47. The van der Waals surface area contributed by atoms with Crippen molar-refractivity contribution in [2.24, 2.45) is 0 Å². The van der Waals surface area contributed by atoms with E-state index in [9.17, 15) is 13.5 Å². The highest BCUT2D eigenvalue weighted by Gasteiger charge is 2.40. The van der Waals surface area contributed by atoms with Crippen molar-refractivity contribution in [1.29, 1.82) is 0 Å². The molecule has 4 atom stereocenters. The zero-order valence-corrected chi connectivity index (χ0v) is 43.7. The van der Waals surface area contributed by atoms with Gasteiger partial charge in [0.2, 0.25) is 10.0 Å². The molecule has 0 unspecified atom stereocenters. The maximum absolute atomic E-state index is 13.9. The van der Waals surface area contributed by atoms with Crippen LogP contribution in [0, 0.1) is 0 Å². The molecule has 11 rings (SSSR count). The van der Waals surface area contributed by atoms with Crippen LogP contribution in [0.5, 0.6) is 11.5 Å². The van der Waals surface area contributed by atoms with Gasteiger partial charge in [0.1, 0.15) is 11.5 Å². The number of ether oxygens (including phenoxy) is 1. The van der Waals surface area contributed by atoms with Gasteiger partial charge in [-0.15, -0.1) is 0 Å². The summed E-state index contributed by atoms with van der Waals surface area (Å²) in [6.45, 7) is 4.32. The number of fused-ring (bicyclic) bond motifs is 10. The summed E-state index contributed by atoms with van der Waals surface area (Å²) in [6, 6.07) is 51.1. The second kappa shape index (κ2) is 21.9. The first-order valence-electron chi connectivity index (χ1n) is 25.3. The third-order valence-corrected chi connectivity index (χ3v) is 18.2. The molecule has 2 N–H and O–H groups in total. The maximum Gasteiger partial charge on any atom is 0.243 e. The van der Waals surface area contributed by atoms with Crippen molar-refractivity contribution < 1.29 is 18.3 Å². The maximum atomic E-state index is 13.9. The largest absolute Gasteiger partial charge is 0.506 e. The van der Waals surface area contributed by atoms with Crippen molar-refractivity contribution in [2.75, 3.05) is 34.3 Å². The molecule has 2 heterocycles. The highest BCUT2D eigenvalue weighted by atomic mass is 35.5. The van der Waals surface area contributed by atoms with Crippen LogP contribution in [0.15, 0.2) is 157 Å². The summed E-state index contributed by atoms with van der Waals surface area (Å²) in [4.78, 5) is 5.27. The minimum absolute atomic E-state index is 0.0719. The molecule has 11 heteroatoms. The van der Waals surface area contributed by atoms with Crippen LogP contribution >= 0.6 is 23.2 Å². The normalized spacial score (nSPS) is 19.5. The zero-order valence-electron chi connectivity index (χ0n) is 41.4. The van der Waals surface area contributed by atoms with Gasteiger partial charge in [-0.3, -0.25) is 0 Å². The minimum atomic E-state index is -3.74. The van der Waals surface area contributed by atoms with Crippen molar-refractivity contribution in [3.63, 3.8) is 0 Å². The third-order valence-electron chi connectivity index (χ3n) is 15.7. The number of rotatable bonds is 11. The molecule has 0 saturated heterocycles. The fourth-order valence-electron chi connectivity index (χ4n) is 12.1. The van der Waals surface area contributed by atoms with Crippen LogP contribution < -0.4 is 10.1 Å². The van der Waals surface area contributed by atoms with Crippen LogP contribution in [0.2, 0.25) is 10.0 Å². The van der Waals surface area contributed by atoms with E-state index in [4.69, 9.17) is 27.9 Å². The summed E-state index contributed by atoms with van der Waals surface area (Å²) in [5.41, 5.74) is 15.1. The molecule has 0 aromatic heterocycles. The van der Waals surface area contributed by atoms with Crippen LogP contribution in [0.25, 0.3) is 0 Å². The van der Waals surface area contributed by atoms with E-state index in [1.54, 1.807) is 35.7 Å². The lowest BCUT2D eigenvalue weighted by atomic mass is 9.73. The number of phenolic OH excluding ortho intramolecular Hbond substituents is 1. The molecule has 7 aromatic carbocycles. The Bertz CT molecular complexity index is 3140. The van der Waals surface area contributed by atoms with Gasteiger partial charge in [0, 0.05) is 63.2 Å². The fourth-order valence-corrected chi connectivity index (χ4v) is 13.9.